The summed E-state index contributed by atoms with van der Waals surface area (Å²) >= 11 is 5.08. The Morgan fingerprint density at radius 2 is 1.53 bits per heavy atom. The summed E-state index contributed by atoms with van der Waals surface area (Å²) in [4.78, 5) is 24.4. The van der Waals surface area contributed by atoms with Crippen molar-refractivity contribution in [1.82, 2.24) is 16.2 Å². The number of amides is 2. The highest BCUT2D eigenvalue weighted by atomic mass is 32.1. The van der Waals surface area contributed by atoms with Crippen LogP contribution in [0.2, 0.25) is 0 Å². The molecule has 0 radical (unpaired) electrons. The van der Waals surface area contributed by atoms with Crippen LogP contribution >= 0.6 is 12.2 Å². The van der Waals surface area contributed by atoms with Crippen molar-refractivity contribution in [3.63, 3.8) is 0 Å². The second-order valence-electron chi connectivity index (χ2n) is 7.38. The first kappa shape index (κ1) is 23.0. The van der Waals surface area contributed by atoms with Gasteiger partial charge in [-0.15, -0.1) is 0 Å². The Labute approximate surface area is 193 Å². The molecule has 0 aliphatic heterocycles. The number of thiocarbonyl (C=S) groups is 1. The van der Waals surface area contributed by atoms with Gasteiger partial charge >= 0.3 is 0 Å². The van der Waals surface area contributed by atoms with Crippen LogP contribution in [0.4, 0.5) is 0 Å². The molecule has 6 nitrogen and oxygen atoms in total. The lowest BCUT2D eigenvalue weighted by Crippen LogP contribution is -2.49. The average Bonchev–Trinajstić information content (AvgIpc) is 2.82. The van der Waals surface area contributed by atoms with E-state index in [1.165, 1.54) is 0 Å². The Bertz CT molecular complexity index is 1080. The minimum Gasteiger partial charge on any atom is -0.483 e. The van der Waals surface area contributed by atoms with Gasteiger partial charge in [0.25, 0.3) is 11.8 Å². The van der Waals surface area contributed by atoms with Crippen LogP contribution in [0.15, 0.2) is 78.9 Å². The molecule has 0 bridgehead atoms. The van der Waals surface area contributed by atoms with Gasteiger partial charge < -0.3 is 4.74 Å². The highest BCUT2D eigenvalue weighted by Gasteiger charge is 2.11. The number of para-hydroxylation sites is 1. The number of benzene rings is 3. The van der Waals surface area contributed by atoms with Gasteiger partial charge in [-0.3, -0.25) is 25.8 Å². The third-order valence-electron chi connectivity index (χ3n) is 4.71. The summed E-state index contributed by atoms with van der Waals surface area (Å²) in [7, 11) is 0. The summed E-state index contributed by atoms with van der Waals surface area (Å²) in [6, 6.07) is 24.5. The number of hydrogen-bond acceptors (Lipinski definition) is 4. The standard InChI is InChI=1S/C25H25N3O3S/c1-17(2)18-12-14-20(15-13-18)24(30)26-25(32)28-27-23(29)16-31-22-11-7-6-10-21(22)19-8-4-3-5-9-19/h3-15,17H,16H2,1-2H3,(H,27,29)(H2,26,28,30,32). The lowest BCUT2D eigenvalue weighted by molar-refractivity contribution is -0.123. The highest BCUT2D eigenvalue weighted by Crippen LogP contribution is 2.29. The maximum atomic E-state index is 12.3. The summed E-state index contributed by atoms with van der Waals surface area (Å²) in [6.45, 7) is 3.95. The minimum absolute atomic E-state index is 0.0130. The van der Waals surface area contributed by atoms with Crippen molar-refractivity contribution >= 4 is 29.1 Å². The first-order chi connectivity index (χ1) is 15.4. The first-order valence-corrected chi connectivity index (χ1v) is 10.6. The molecule has 0 heterocycles. The largest absolute Gasteiger partial charge is 0.483 e. The zero-order chi connectivity index (χ0) is 22.9. The molecule has 0 aliphatic carbocycles. The van der Waals surface area contributed by atoms with Gasteiger partial charge in [0, 0.05) is 11.1 Å². The second-order valence-corrected chi connectivity index (χ2v) is 7.79. The summed E-state index contributed by atoms with van der Waals surface area (Å²) in [5, 5.41) is 2.52. The fourth-order valence-electron chi connectivity index (χ4n) is 2.98. The van der Waals surface area contributed by atoms with Gasteiger partial charge in [-0.1, -0.05) is 74.5 Å². The van der Waals surface area contributed by atoms with Crippen molar-refractivity contribution in [2.24, 2.45) is 0 Å². The SMILES string of the molecule is CC(C)c1ccc(C(=O)NC(=S)NNC(=O)COc2ccccc2-c2ccccc2)cc1. The fraction of sp³-hybridized carbons (Fsp3) is 0.160. The van der Waals surface area contributed by atoms with Crippen molar-refractivity contribution < 1.29 is 14.3 Å². The van der Waals surface area contributed by atoms with Crippen molar-refractivity contribution in [2.45, 2.75) is 19.8 Å². The van der Waals surface area contributed by atoms with Crippen molar-refractivity contribution in [3.05, 3.63) is 90.0 Å². The lowest BCUT2D eigenvalue weighted by atomic mass is 10.0. The van der Waals surface area contributed by atoms with Crippen LogP contribution in [-0.4, -0.2) is 23.5 Å². The van der Waals surface area contributed by atoms with Gasteiger partial charge in [0.1, 0.15) is 5.75 Å². The molecule has 0 unspecified atom stereocenters. The highest BCUT2D eigenvalue weighted by molar-refractivity contribution is 7.80. The third-order valence-corrected chi connectivity index (χ3v) is 4.92. The molecular weight excluding hydrogens is 422 g/mol. The Morgan fingerprint density at radius 1 is 0.875 bits per heavy atom. The smallest absolute Gasteiger partial charge is 0.276 e. The van der Waals surface area contributed by atoms with Crippen LogP contribution in [0, 0.1) is 0 Å². The van der Waals surface area contributed by atoms with Crippen LogP contribution in [-0.2, 0) is 4.79 Å². The zero-order valence-electron chi connectivity index (χ0n) is 17.9. The average molecular weight is 448 g/mol. The molecule has 32 heavy (non-hydrogen) atoms. The number of carbonyl (C=O) groups excluding carboxylic acids is 2. The number of rotatable bonds is 6. The zero-order valence-corrected chi connectivity index (χ0v) is 18.7. The topological polar surface area (TPSA) is 79.5 Å². The summed E-state index contributed by atoms with van der Waals surface area (Å²) < 4.78 is 5.68. The molecule has 3 aromatic rings. The van der Waals surface area contributed by atoms with E-state index >= 15 is 0 Å². The summed E-state index contributed by atoms with van der Waals surface area (Å²) in [6.07, 6.45) is 0. The van der Waals surface area contributed by atoms with Crippen LogP contribution in [0.3, 0.4) is 0 Å². The fourth-order valence-corrected chi connectivity index (χ4v) is 3.12. The number of ether oxygens (including phenoxy) is 1. The van der Waals surface area contributed by atoms with Gasteiger partial charge in [-0.25, -0.2) is 0 Å². The van der Waals surface area contributed by atoms with Gasteiger partial charge in [-0.05, 0) is 47.5 Å². The molecule has 2 amide bonds. The van der Waals surface area contributed by atoms with E-state index in [4.69, 9.17) is 17.0 Å². The van der Waals surface area contributed by atoms with Crippen LogP contribution in [0.1, 0.15) is 35.7 Å². The minimum atomic E-state index is -0.439. The van der Waals surface area contributed by atoms with Crippen molar-refractivity contribution in [1.29, 1.82) is 0 Å². The summed E-state index contributed by atoms with van der Waals surface area (Å²) in [5.74, 6) is 0.173. The third kappa shape index (κ3) is 6.39. The van der Waals surface area contributed by atoms with Gasteiger partial charge in [-0.2, -0.15) is 0 Å². The van der Waals surface area contributed by atoms with E-state index in [2.05, 4.69) is 30.0 Å². The van der Waals surface area contributed by atoms with Gasteiger partial charge in [0.2, 0.25) is 0 Å². The second kappa shape index (κ2) is 11.1. The predicted octanol–water partition coefficient (Wildman–Crippen LogP) is 4.19. The molecule has 3 N–H and O–H groups in total. The maximum absolute atomic E-state index is 12.3. The van der Waals surface area contributed by atoms with Gasteiger partial charge in [0.15, 0.2) is 11.7 Å². The molecule has 0 aliphatic rings. The predicted molar refractivity (Wildman–Crippen MR) is 129 cm³/mol. The van der Waals surface area contributed by atoms with E-state index in [0.717, 1.165) is 16.7 Å². The quantitative estimate of drug-likeness (QED) is 0.390. The molecule has 7 heteroatoms. The number of hydrazine groups is 1. The molecule has 3 aromatic carbocycles. The molecule has 0 fully saturated rings. The first-order valence-electron chi connectivity index (χ1n) is 10.2. The molecule has 0 spiro atoms. The van der Waals surface area contributed by atoms with Crippen LogP contribution < -0.4 is 20.9 Å². The Morgan fingerprint density at radius 3 is 2.22 bits per heavy atom. The molecule has 164 valence electrons. The molecule has 0 aromatic heterocycles. The molecule has 0 atom stereocenters. The van der Waals surface area contributed by atoms with Crippen molar-refractivity contribution in [3.8, 4) is 16.9 Å². The maximum Gasteiger partial charge on any atom is 0.276 e. The van der Waals surface area contributed by atoms with E-state index in [9.17, 15) is 9.59 Å². The Balaban J connectivity index is 1.47. The normalized spacial score (nSPS) is 10.3. The van der Waals surface area contributed by atoms with E-state index in [1.54, 1.807) is 18.2 Å². The molecule has 0 saturated carbocycles. The number of carbonyl (C=O) groups is 2. The lowest BCUT2D eigenvalue weighted by Gasteiger charge is -2.13. The number of hydrogen-bond donors (Lipinski definition) is 3. The molecular formula is C25H25N3O3S. The van der Waals surface area contributed by atoms with E-state index in [0.29, 0.717) is 17.2 Å². The van der Waals surface area contributed by atoms with Crippen LogP contribution in [0.5, 0.6) is 5.75 Å². The molecule has 0 saturated heterocycles. The Kier molecular flexibility index (Phi) is 7.94. The molecule has 3 rings (SSSR count). The number of nitrogens with one attached hydrogen (secondary N) is 3. The van der Waals surface area contributed by atoms with E-state index in [1.807, 2.05) is 60.7 Å². The van der Waals surface area contributed by atoms with Crippen molar-refractivity contribution in [2.75, 3.05) is 6.61 Å². The van der Waals surface area contributed by atoms with E-state index < -0.39 is 5.91 Å². The van der Waals surface area contributed by atoms with Gasteiger partial charge in [0.05, 0.1) is 0 Å². The monoisotopic (exact) mass is 447 g/mol. The van der Waals surface area contributed by atoms with Crippen LogP contribution in [0.25, 0.3) is 11.1 Å². The van der Waals surface area contributed by atoms with E-state index in [-0.39, 0.29) is 17.6 Å². The Hall–Kier alpha value is -3.71. The summed E-state index contributed by atoms with van der Waals surface area (Å²) in [5.41, 5.74) is 8.44.